The van der Waals surface area contributed by atoms with Crippen LogP contribution in [0.4, 0.5) is 5.82 Å². The largest absolute Gasteiger partial charge is 0.365 e. The van der Waals surface area contributed by atoms with Gasteiger partial charge in [-0.15, -0.1) is 11.3 Å². The van der Waals surface area contributed by atoms with Crippen molar-refractivity contribution in [2.45, 2.75) is 6.54 Å². The zero-order chi connectivity index (χ0) is 14.5. The number of nitrogens with one attached hydrogen (secondary N) is 1. The van der Waals surface area contributed by atoms with Crippen LogP contribution < -0.4 is 5.32 Å². The standard InChI is InChI=1S/C16H12N4S/c17-9-12-3-1-4-13(7-12)15-8-16(20-11-19-15)18-10-14-5-2-6-21-14/h1-8,11H,10H2,(H,18,19,20). The minimum atomic E-state index is 0.624. The van der Waals surface area contributed by atoms with E-state index < -0.39 is 0 Å². The average Bonchev–Trinajstić information content (AvgIpc) is 3.07. The van der Waals surface area contributed by atoms with Crippen LogP contribution in [0.3, 0.4) is 0 Å². The van der Waals surface area contributed by atoms with E-state index in [1.54, 1.807) is 17.4 Å². The van der Waals surface area contributed by atoms with Crippen molar-refractivity contribution >= 4 is 17.2 Å². The second kappa shape index (κ2) is 6.16. The molecule has 0 aliphatic rings. The number of thiophene rings is 1. The van der Waals surface area contributed by atoms with Gasteiger partial charge in [0, 0.05) is 16.5 Å². The monoisotopic (exact) mass is 292 g/mol. The summed E-state index contributed by atoms with van der Waals surface area (Å²) in [5.74, 6) is 0.774. The number of aromatic nitrogens is 2. The summed E-state index contributed by atoms with van der Waals surface area (Å²) in [5.41, 5.74) is 2.34. The molecule has 1 aromatic carbocycles. The van der Waals surface area contributed by atoms with Crippen LogP contribution in [0.15, 0.2) is 54.2 Å². The normalized spacial score (nSPS) is 10.0. The summed E-state index contributed by atoms with van der Waals surface area (Å²) >= 11 is 1.71. The van der Waals surface area contributed by atoms with Crippen LogP contribution in [0, 0.1) is 11.3 Å². The predicted octanol–water partition coefficient (Wildman–Crippen LogP) is 3.69. The average molecular weight is 292 g/mol. The van der Waals surface area contributed by atoms with E-state index in [9.17, 15) is 0 Å². The smallest absolute Gasteiger partial charge is 0.130 e. The molecular weight excluding hydrogens is 280 g/mol. The fraction of sp³-hybridized carbons (Fsp3) is 0.0625. The fourth-order valence-corrected chi connectivity index (χ4v) is 2.60. The molecule has 1 N–H and O–H groups in total. The third-order valence-corrected chi connectivity index (χ3v) is 3.85. The van der Waals surface area contributed by atoms with Gasteiger partial charge in [-0.3, -0.25) is 0 Å². The maximum absolute atomic E-state index is 8.96. The molecule has 0 fully saturated rings. The van der Waals surface area contributed by atoms with E-state index in [0.29, 0.717) is 5.56 Å². The van der Waals surface area contributed by atoms with Crippen molar-refractivity contribution in [1.82, 2.24) is 9.97 Å². The maximum Gasteiger partial charge on any atom is 0.130 e. The molecule has 0 aliphatic heterocycles. The van der Waals surface area contributed by atoms with Gasteiger partial charge >= 0.3 is 0 Å². The van der Waals surface area contributed by atoms with Crippen molar-refractivity contribution < 1.29 is 0 Å². The Labute approximate surface area is 126 Å². The fourth-order valence-electron chi connectivity index (χ4n) is 1.95. The number of rotatable bonds is 4. The molecule has 5 heteroatoms. The quantitative estimate of drug-likeness (QED) is 0.796. The van der Waals surface area contributed by atoms with Gasteiger partial charge in [-0.1, -0.05) is 18.2 Å². The lowest BCUT2D eigenvalue weighted by Gasteiger charge is -2.06. The summed E-state index contributed by atoms with van der Waals surface area (Å²) < 4.78 is 0. The first-order chi connectivity index (χ1) is 10.3. The Bertz CT molecular complexity index is 775. The van der Waals surface area contributed by atoms with E-state index in [2.05, 4.69) is 32.8 Å². The summed E-state index contributed by atoms with van der Waals surface area (Å²) in [6, 6.07) is 15.5. The summed E-state index contributed by atoms with van der Waals surface area (Å²) in [6.45, 7) is 0.742. The second-order valence-corrected chi connectivity index (χ2v) is 5.45. The van der Waals surface area contributed by atoms with Gasteiger partial charge in [-0.25, -0.2) is 9.97 Å². The Hall–Kier alpha value is -2.71. The van der Waals surface area contributed by atoms with E-state index in [1.807, 2.05) is 30.3 Å². The maximum atomic E-state index is 8.96. The Morgan fingerprint density at radius 2 is 2.10 bits per heavy atom. The lowest BCUT2D eigenvalue weighted by molar-refractivity contribution is 1.10. The Kier molecular flexibility index (Phi) is 3.90. The highest BCUT2D eigenvalue weighted by Crippen LogP contribution is 2.20. The third kappa shape index (κ3) is 3.25. The van der Waals surface area contributed by atoms with Crippen LogP contribution in [0.1, 0.15) is 10.4 Å². The van der Waals surface area contributed by atoms with Gasteiger partial charge in [0.05, 0.1) is 23.9 Å². The van der Waals surface area contributed by atoms with E-state index in [1.165, 1.54) is 11.2 Å². The van der Waals surface area contributed by atoms with Crippen LogP contribution in [0.25, 0.3) is 11.3 Å². The lowest BCUT2D eigenvalue weighted by atomic mass is 10.1. The molecule has 0 atom stereocenters. The molecule has 3 rings (SSSR count). The van der Waals surface area contributed by atoms with Crippen LogP contribution >= 0.6 is 11.3 Å². The summed E-state index contributed by atoms with van der Waals surface area (Å²) in [7, 11) is 0. The highest BCUT2D eigenvalue weighted by atomic mass is 32.1. The summed E-state index contributed by atoms with van der Waals surface area (Å²) in [6.07, 6.45) is 1.53. The molecule has 2 heterocycles. The molecular formula is C16H12N4S. The summed E-state index contributed by atoms with van der Waals surface area (Å²) in [4.78, 5) is 9.75. The van der Waals surface area contributed by atoms with Gasteiger partial charge < -0.3 is 5.32 Å². The van der Waals surface area contributed by atoms with Gasteiger partial charge in [0.15, 0.2) is 0 Å². The molecule has 21 heavy (non-hydrogen) atoms. The SMILES string of the molecule is N#Cc1cccc(-c2cc(NCc3cccs3)ncn2)c1. The first kappa shape index (κ1) is 13.3. The molecule has 0 unspecified atom stereocenters. The van der Waals surface area contributed by atoms with E-state index in [0.717, 1.165) is 23.6 Å². The van der Waals surface area contributed by atoms with Gasteiger partial charge in [0.25, 0.3) is 0 Å². The topological polar surface area (TPSA) is 61.6 Å². The molecule has 0 saturated carbocycles. The van der Waals surface area contributed by atoms with Gasteiger partial charge in [0.2, 0.25) is 0 Å². The number of benzene rings is 1. The molecule has 0 radical (unpaired) electrons. The molecule has 102 valence electrons. The molecule has 2 aromatic heterocycles. The molecule has 0 amide bonds. The molecule has 0 bridgehead atoms. The second-order valence-electron chi connectivity index (χ2n) is 4.41. The highest BCUT2D eigenvalue weighted by molar-refractivity contribution is 7.09. The highest BCUT2D eigenvalue weighted by Gasteiger charge is 2.03. The summed E-state index contributed by atoms with van der Waals surface area (Å²) in [5, 5.41) is 14.3. The van der Waals surface area contributed by atoms with Crippen LogP contribution in [-0.2, 0) is 6.54 Å². The molecule has 0 spiro atoms. The zero-order valence-corrected chi connectivity index (χ0v) is 12.0. The number of nitriles is 1. The Morgan fingerprint density at radius 1 is 1.14 bits per heavy atom. The minimum absolute atomic E-state index is 0.624. The minimum Gasteiger partial charge on any atom is -0.365 e. The Balaban J connectivity index is 1.81. The zero-order valence-electron chi connectivity index (χ0n) is 11.2. The van der Waals surface area contributed by atoms with Crippen molar-refractivity contribution in [3.05, 3.63) is 64.6 Å². The van der Waals surface area contributed by atoms with Crippen molar-refractivity contribution in [3.8, 4) is 17.3 Å². The van der Waals surface area contributed by atoms with E-state index >= 15 is 0 Å². The van der Waals surface area contributed by atoms with Crippen LogP contribution in [0.5, 0.6) is 0 Å². The van der Waals surface area contributed by atoms with Crippen LogP contribution in [-0.4, -0.2) is 9.97 Å². The van der Waals surface area contributed by atoms with Crippen molar-refractivity contribution in [3.63, 3.8) is 0 Å². The van der Waals surface area contributed by atoms with Gasteiger partial charge in [-0.05, 0) is 23.6 Å². The number of hydrogen-bond acceptors (Lipinski definition) is 5. The Morgan fingerprint density at radius 3 is 2.90 bits per heavy atom. The number of hydrogen-bond donors (Lipinski definition) is 1. The molecule has 0 saturated heterocycles. The molecule has 0 aliphatic carbocycles. The van der Waals surface area contributed by atoms with Crippen molar-refractivity contribution in [2.75, 3.05) is 5.32 Å². The van der Waals surface area contributed by atoms with Gasteiger partial charge in [0.1, 0.15) is 12.1 Å². The number of anilines is 1. The first-order valence-corrected chi connectivity index (χ1v) is 7.32. The van der Waals surface area contributed by atoms with Gasteiger partial charge in [-0.2, -0.15) is 5.26 Å². The first-order valence-electron chi connectivity index (χ1n) is 6.44. The molecule has 4 nitrogen and oxygen atoms in total. The third-order valence-electron chi connectivity index (χ3n) is 2.98. The van der Waals surface area contributed by atoms with Crippen molar-refractivity contribution in [2.24, 2.45) is 0 Å². The lowest BCUT2D eigenvalue weighted by Crippen LogP contribution is -2.00. The van der Waals surface area contributed by atoms with E-state index in [-0.39, 0.29) is 0 Å². The molecule has 3 aromatic rings. The predicted molar refractivity (Wildman–Crippen MR) is 83.8 cm³/mol. The van der Waals surface area contributed by atoms with E-state index in [4.69, 9.17) is 5.26 Å². The van der Waals surface area contributed by atoms with Crippen LogP contribution in [0.2, 0.25) is 0 Å². The van der Waals surface area contributed by atoms with Crippen molar-refractivity contribution in [1.29, 1.82) is 5.26 Å². The number of nitrogens with zero attached hydrogens (tertiary/aromatic N) is 3.